The first-order chi connectivity index (χ1) is 11.3. The van der Waals surface area contributed by atoms with Crippen LogP contribution in [0, 0.1) is 0 Å². The topological polar surface area (TPSA) is 71.3 Å². The quantitative estimate of drug-likeness (QED) is 0.918. The van der Waals surface area contributed by atoms with Crippen molar-refractivity contribution < 1.29 is 9.21 Å². The van der Waals surface area contributed by atoms with Crippen LogP contribution in [0.25, 0.3) is 0 Å². The lowest BCUT2D eigenvalue weighted by Gasteiger charge is -2.24. The first-order valence-electron chi connectivity index (χ1n) is 8.20. The summed E-state index contributed by atoms with van der Waals surface area (Å²) in [4.78, 5) is 14.0. The molecule has 0 aliphatic carbocycles. The Hall–Kier alpha value is -2.37. The van der Waals surface area contributed by atoms with E-state index in [9.17, 15) is 4.79 Å². The summed E-state index contributed by atoms with van der Waals surface area (Å²) >= 11 is 0. The number of piperidine rings is 1. The molecule has 1 atom stereocenters. The second-order valence-electron chi connectivity index (χ2n) is 5.74. The Kier molecular flexibility index (Phi) is 4.90. The number of carbonyl (C=O) groups is 1. The van der Waals surface area contributed by atoms with Crippen LogP contribution in [-0.2, 0) is 4.79 Å². The third-order valence-electron chi connectivity index (χ3n) is 4.06. The molecule has 2 heterocycles. The molecule has 3 rings (SSSR count). The SMILES string of the molecule is CCC(=O)N[C@H](c1ccccc1)c1nnc(N2CCCCC2)o1. The number of aromatic nitrogens is 2. The lowest BCUT2D eigenvalue weighted by Crippen LogP contribution is -2.30. The zero-order valence-corrected chi connectivity index (χ0v) is 13.4. The Morgan fingerprint density at radius 1 is 1.22 bits per heavy atom. The van der Waals surface area contributed by atoms with Crippen LogP contribution in [0.4, 0.5) is 6.01 Å². The van der Waals surface area contributed by atoms with Gasteiger partial charge in [0.05, 0.1) is 0 Å². The van der Waals surface area contributed by atoms with E-state index < -0.39 is 6.04 Å². The summed E-state index contributed by atoms with van der Waals surface area (Å²) in [6, 6.07) is 9.84. The first kappa shape index (κ1) is 15.5. The molecule has 6 nitrogen and oxygen atoms in total. The molecule has 0 unspecified atom stereocenters. The van der Waals surface area contributed by atoms with Gasteiger partial charge in [0.15, 0.2) is 0 Å². The average Bonchev–Trinajstić information content (AvgIpc) is 3.10. The highest BCUT2D eigenvalue weighted by atomic mass is 16.4. The van der Waals surface area contributed by atoms with E-state index >= 15 is 0 Å². The third kappa shape index (κ3) is 3.70. The maximum absolute atomic E-state index is 11.9. The third-order valence-corrected chi connectivity index (χ3v) is 4.06. The van der Waals surface area contributed by atoms with Crippen molar-refractivity contribution in [2.45, 2.75) is 38.6 Å². The predicted octanol–water partition coefficient (Wildman–Crippen LogP) is 2.68. The highest BCUT2D eigenvalue weighted by molar-refractivity contribution is 5.76. The maximum atomic E-state index is 11.9. The Morgan fingerprint density at radius 2 is 1.96 bits per heavy atom. The minimum Gasteiger partial charge on any atom is -0.405 e. The molecule has 1 N–H and O–H groups in total. The highest BCUT2D eigenvalue weighted by Crippen LogP contribution is 2.25. The molecule has 1 aromatic carbocycles. The van der Waals surface area contributed by atoms with E-state index in [2.05, 4.69) is 20.4 Å². The van der Waals surface area contributed by atoms with Gasteiger partial charge in [-0.2, -0.15) is 0 Å². The van der Waals surface area contributed by atoms with Crippen LogP contribution in [-0.4, -0.2) is 29.2 Å². The van der Waals surface area contributed by atoms with Crippen molar-refractivity contribution in [1.29, 1.82) is 0 Å². The van der Waals surface area contributed by atoms with E-state index in [0.29, 0.717) is 18.3 Å². The van der Waals surface area contributed by atoms with Crippen molar-refractivity contribution in [3.05, 3.63) is 41.8 Å². The number of hydrogen-bond donors (Lipinski definition) is 1. The molecule has 0 bridgehead atoms. The van der Waals surface area contributed by atoms with Crippen molar-refractivity contribution in [2.24, 2.45) is 0 Å². The van der Waals surface area contributed by atoms with Gasteiger partial charge in [-0.25, -0.2) is 0 Å². The van der Waals surface area contributed by atoms with Crippen LogP contribution in [0.1, 0.15) is 50.1 Å². The molecular weight excluding hydrogens is 292 g/mol. The molecule has 1 aromatic heterocycles. The van der Waals surface area contributed by atoms with Gasteiger partial charge < -0.3 is 14.6 Å². The molecule has 6 heteroatoms. The summed E-state index contributed by atoms with van der Waals surface area (Å²) in [6.07, 6.45) is 3.95. The Bertz CT molecular complexity index is 635. The van der Waals surface area contributed by atoms with E-state index in [-0.39, 0.29) is 5.91 Å². The summed E-state index contributed by atoms with van der Waals surface area (Å²) in [5, 5.41) is 11.3. The summed E-state index contributed by atoms with van der Waals surface area (Å²) < 4.78 is 5.87. The van der Waals surface area contributed by atoms with Gasteiger partial charge in [-0.05, 0) is 24.8 Å². The molecule has 1 amide bonds. The molecule has 0 spiro atoms. The number of nitrogens with zero attached hydrogens (tertiary/aromatic N) is 3. The summed E-state index contributed by atoms with van der Waals surface area (Å²) in [5.41, 5.74) is 0.933. The molecule has 0 radical (unpaired) electrons. The Labute approximate surface area is 135 Å². The first-order valence-corrected chi connectivity index (χ1v) is 8.20. The van der Waals surface area contributed by atoms with Crippen molar-refractivity contribution in [3.63, 3.8) is 0 Å². The number of benzene rings is 1. The van der Waals surface area contributed by atoms with Crippen LogP contribution >= 0.6 is 0 Å². The van der Waals surface area contributed by atoms with Gasteiger partial charge in [0.1, 0.15) is 6.04 Å². The molecule has 1 saturated heterocycles. The van der Waals surface area contributed by atoms with Crippen LogP contribution in [0.2, 0.25) is 0 Å². The van der Waals surface area contributed by atoms with Gasteiger partial charge in [-0.15, -0.1) is 5.10 Å². The smallest absolute Gasteiger partial charge is 0.318 e. The maximum Gasteiger partial charge on any atom is 0.318 e. The fourth-order valence-electron chi connectivity index (χ4n) is 2.75. The molecule has 1 aliphatic heterocycles. The predicted molar refractivity (Wildman–Crippen MR) is 87.1 cm³/mol. The molecular formula is C17H22N4O2. The number of hydrogen-bond acceptors (Lipinski definition) is 5. The van der Waals surface area contributed by atoms with Crippen LogP contribution in [0.5, 0.6) is 0 Å². The second kappa shape index (κ2) is 7.26. The van der Waals surface area contributed by atoms with Crippen molar-refractivity contribution in [2.75, 3.05) is 18.0 Å². The fraction of sp³-hybridized carbons (Fsp3) is 0.471. The molecule has 23 heavy (non-hydrogen) atoms. The van der Waals surface area contributed by atoms with Gasteiger partial charge in [-0.3, -0.25) is 4.79 Å². The molecule has 1 fully saturated rings. The molecule has 1 aliphatic rings. The standard InChI is InChI=1S/C17H22N4O2/c1-2-14(22)18-15(13-9-5-3-6-10-13)16-19-20-17(23-16)21-11-7-4-8-12-21/h3,5-6,9-10,15H,2,4,7-8,11-12H2,1H3,(H,18,22)/t15-/m1/s1. The summed E-state index contributed by atoms with van der Waals surface area (Å²) in [5.74, 6) is 0.384. The van der Waals surface area contributed by atoms with Crippen molar-refractivity contribution in [1.82, 2.24) is 15.5 Å². The van der Waals surface area contributed by atoms with E-state index in [1.807, 2.05) is 37.3 Å². The number of rotatable bonds is 5. The normalized spacial score (nSPS) is 16.1. The highest BCUT2D eigenvalue weighted by Gasteiger charge is 2.24. The fourth-order valence-corrected chi connectivity index (χ4v) is 2.75. The van der Waals surface area contributed by atoms with Crippen molar-refractivity contribution >= 4 is 11.9 Å². The van der Waals surface area contributed by atoms with E-state index in [0.717, 1.165) is 31.5 Å². The summed E-state index contributed by atoms with van der Waals surface area (Å²) in [6.45, 7) is 3.71. The minimum atomic E-state index is -0.408. The second-order valence-corrected chi connectivity index (χ2v) is 5.74. The average molecular weight is 314 g/mol. The zero-order chi connectivity index (χ0) is 16.1. The minimum absolute atomic E-state index is 0.0448. The molecule has 0 saturated carbocycles. The number of anilines is 1. The van der Waals surface area contributed by atoms with E-state index in [4.69, 9.17) is 4.42 Å². The summed E-state index contributed by atoms with van der Waals surface area (Å²) in [7, 11) is 0. The zero-order valence-electron chi connectivity index (χ0n) is 13.4. The van der Waals surface area contributed by atoms with Crippen molar-refractivity contribution in [3.8, 4) is 0 Å². The van der Waals surface area contributed by atoms with Gasteiger partial charge >= 0.3 is 6.01 Å². The van der Waals surface area contributed by atoms with Gasteiger partial charge in [0.2, 0.25) is 11.8 Å². The number of amides is 1. The number of nitrogens with one attached hydrogen (secondary N) is 1. The van der Waals surface area contributed by atoms with Gasteiger partial charge in [-0.1, -0.05) is 42.4 Å². The lowest BCUT2D eigenvalue weighted by molar-refractivity contribution is -0.121. The lowest BCUT2D eigenvalue weighted by atomic mass is 10.1. The van der Waals surface area contributed by atoms with Gasteiger partial charge in [0.25, 0.3) is 0 Å². The monoisotopic (exact) mass is 314 g/mol. The molecule has 2 aromatic rings. The Balaban J connectivity index is 1.84. The molecule has 122 valence electrons. The van der Waals surface area contributed by atoms with Crippen LogP contribution in [0.3, 0.4) is 0 Å². The van der Waals surface area contributed by atoms with E-state index in [1.54, 1.807) is 0 Å². The van der Waals surface area contributed by atoms with Gasteiger partial charge in [0, 0.05) is 19.5 Å². The van der Waals surface area contributed by atoms with Crippen LogP contribution in [0.15, 0.2) is 34.7 Å². The van der Waals surface area contributed by atoms with Crippen LogP contribution < -0.4 is 10.2 Å². The van der Waals surface area contributed by atoms with E-state index in [1.165, 1.54) is 6.42 Å². The number of carbonyl (C=O) groups excluding carboxylic acids is 1. The Morgan fingerprint density at radius 3 is 2.65 bits per heavy atom. The largest absolute Gasteiger partial charge is 0.405 e.